The van der Waals surface area contributed by atoms with Crippen LogP contribution < -0.4 is 21.7 Å². The Hall–Kier alpha value is -2.05. The van der Waals surface area contributed by atoms with Gasteiger partial charge in [-0.05, 0) is 30.5 Å². The van der Waals surface area contributed by atoms with Crippen LogP contribution in [-0.2, 0) is 7.05 Å². The minimum atomic E-state index is -0.182. The monoisotopic (exact) mass is 273 g/mol. The minimum Gasteiger partial charge on any atom is -0.490 e. The third kappa shape index (κ3) is 2.48. The van der Waals surface area contributed by atoms with Crippen molar-refractivity contribution < 1.29 is 4.74 Å². The molecule has 6 nitrogen and oxygen atoms in total. The summed E-state index contributed by atoms with van der Waals surface area (Å²) in [6, 6.07) is 7.73. The van der Waals surface area contributed by atoms with Crippen molar-refractivity contribution in [2.24, 2.45) is 12.9 Å². The third-order valence-electron chi connectivity index (χ3n) is 3.53. The zero-order chi connectivity index (χ0) is 14.1. The average Bonchev–Trinajstić information content (AvgIpc) is 3.22. The van der Waals surface area contributed by atoms with Gasteiger partial charge >= 0.3 is 0 Å². The predicted octanol–water partition coefficient (Wildman–Crippen LogP) is 1.10. The van der Waals surface area contributed by atoms with Gasteiger partial charge in [-0.15, -0.1) is 0 Å². The van der Waals surface area contributed by atoms with Gasteiger partial charge in [0.25, 0.3) is 0 Å². The molecule has 0 spiro atoms. The number of anilines is 1. The summed E-state index contributed by atoms with van der Waals surface area (Å²) in [5, 5.41) is 4.15. The summed E-state index contributed by atoms with van der Waals surface area (Å²) in [5.74, 6) is 7.17. The molecular weight excluding hydrogens is 254 g/mol. The molecular formula is C14H19N5O. The van der Waals surface area contributed by atoms with Crippen molar-refractivity contribution in [3.05, 3.63) is 41.6 Å². The number of aromatic nitrogens is 2. The lowest BCUT2D eigenvalue weighted by Gasteiger charge is -2.16. The Balaban J connectivity index is 1.83. The van der Waals surface area contributed by atoms with E-state index in [9.17, 15) is 0 Å². The van der Waals surface area contributed by atoms with Crippen LogP contribution in [0.2, 0.25) is 0 Å². The van der Waals surface area contributed by atoms with E-state index in [4.69, 9.17) is 16.3 Å². The van der Waals surface area contributed by atoms with Gasteiger partial charge in [0.05, 0.1) is 18.3 Å². The first-order valence-corrected chi connectivity index (χ1v) is 6.69. The van der Waals surface area contributed by atoms with E-state index >= 15 is 0 Å². The van der Waals surface area contributed by atoms with E-state index in [0.717, 1.165) is 29.7 Å². The molecule has 0 saturated heterocycles. The fourth-order valence-corrected chi connectivity index (χ4v) is 2.17. The Morgan fingerprint density at radius 3 is 2.55 bits per heavy atom. The van der Waals surface area contributed by atoms with Crippen LogP contribution in [0.25, 0.3) is 0 Å². The number of aryl methyl sites for hydroxylation is 1. The van der Waals surface area contributed by atoms with Crippen LogP contribution in [0, 0.1) is 0 Å². The highest BCUT2D eigenvalue weighted by Gasteiger charge is 2.23. The molecule has 3 rings (SSSR count). The van der Waals surface area contributed by atoms with E-state index < -0.39 is 0 Å². The van der Waals surface area contributed by atoms with Crippen LogP contribution in [0.15, 0.2) is 30.5 Å². The summed E-state index contributed by atoms with van der Waals surface area (Å²) in [7, 11) is 1.80. The van der Waals surface area contributed by atoms with E-state index in [1.54, 1.807) is 17.9 Å². The van der Waals surface area contributed by atoms with Gasteiger partial charge in [-0.2, -0.15) is 5.10 Å². The molecule has 6 heteroatoms. The Kier molecular flexibility index (Phi) is 3.33. The molecule has 0 aliphatic heterocycles. The van der Waals surface area contributed by atoms with E-state index in [-0.39, 0.29) is 6.04 Å². The number of nitrogens with one attached hydrogen (secondary N) is 1. The molecule has 0 amide bonds. The molecule has 106 valence electrons. The highest BCUT2D eigenvalue weighted by Crippen LogP contribution is 2.30. The number of nitrogens with two attached hydrogens (primary N) is 2. The van der Waals surface area contributed by atoms with Crippen molar-refractivity contribution in [3.8, 4) is 5.75 Å². The fraction of sp³-hybridized carbons (Fsp3) is 0.357. The number of rotatable bonds is 5. The van der Waals surface area contributed by atoms with Gasteiger partial charge in [-0.25, -0.2) is 5.43 Å². The minimum absolute atomic E-state index is 0.182. The lowest BCUT2D eigenvalue weighted by atomic mass is 10.0. The van der Waals surface area contributed by atoms with Gasteiger partial charge in [0.2, 0.25) is 0 Å². The molecule has 0 bridgehead atoms. The molecule has 0 radical (unpaired) electrons. The fourth-order valence-electron chi connectivity index (χ4n) is 2.17. The summed E-state index contributed by atoms with van der Waals surface area (Å²) >= 11 is 0. The maximum absolute atomic E-state index is 6.00. The molecule has 1 aromatic heterocycles. The van der Waals surface area contributed by atoms with Crippen molar-refractivity contribution in [2.45, 2.75) is 25.0 Å². The Morgan fingerprint density at radius 1 is 1.35 bits per heavy atom. The van der Waals surface area contributed by atoms with Crippen LogP contribution in [0.1, 0.15) is 30.0 Å². The zero-order valence-electron chi connectivity index (χ0n) is 11.4. The van der Waals surface area contributed by atoms with E-state index in [1.807, 2.05) is 24.3 Å². The average molecular weight is 273 g/mol. The molecule has 5 N–H and O–H groups in total. The normalized spacial score (nSPS) is 16.1. The smallest absolute Gasteiger partial charge is 0.126 e. The largest absolute Gasteiger partial charge is 0.490 e. The standard InChI is InChI=1S/C14H19N5O/c1-19-14(15)12(8-17-19)13(18-16)9-2-4-10(5-3-9)20-11-6-7-11/h2-5,8,11,13,18H,6-7,15-16H2,1H3. The first-order chi connectivity index (χ1) is 9.69. The first kappa shape index (κ1) is 13.0. The molecule has 1 atom stereocenters. The number of hydrazine groups is 1. The van der Waals surface area contributed by atoms with Crippen molar-refractivity contribution >= 4 is 5.82 Å². The summed E-state index contributed by atoms with van der Waals surface area (Å²) < 4.78 is 7.36. The second-order valence-corrected chi connectivity index (χ2v) is 5.09. The van der Waals surface area contributed by atoms with Crippen molar-refractivity contribution in [3.63, 3.8) is 0 Å². The Labute approximate surface area is 117 Å². The second-order valence-electron chi connectivity index (χ2n) is 5.09. The van der Waals surface area contributed by atoms with Crippen molar-refractivity contribution in [1.82, 2.24) is 15.2 Å². The van der Waals surface area contributed by atoms with Gasteiger partial charge in [0.1, 0.15) is 11.6 Å². The first-order valence-electron chi connectivity index (χ1n) is 6.69. The molecule has 1 unspecified atom stereocenters. The Bertz CT molecular complexity index is 588. The number of nitrogens with zero attached hydrogens (tertiary/aromatic N) is 2. The quantitative estimate of drug-likeness (QED) is 0.560. The number of benzene rings is 1. The van der Waals surface area contributed by atoms with Crippen LogP contribution in [0.3, 0.4) is 0 Å². The van der Waals surface area contributed by atoms with Crippen molar-refractivity contribution in [2.75, 3.05) is 5.73 Å². The van der Waals surface area contributed by atoms with Gasteiger partial charge < -0.3 is 10.5 Å². The number of hydrogen-bond acceptors (Lipinski definition) is 5. The Morgan fingerprint density at radius 2 is 2.05 bits per heavy atom. The molecule has 1 aromatic carbocycles. The molecule has 1 aliphatic carbocycles. The summed E-state index contributed by atoms with van der Waals surface area (Å²) in [6.07, 6.45) is 4.44. The lowest BCUT2D eigenvalue weighted by molar-refractivity contribution is 0.303. The van der Waals surface area contributed by atoms with Gasteiger partial charge in [-0.1, -0.05) is 12.1 Å². The summed E-state index contributed by atoms with van der Waals surface area (Å²) in [4.78, 5) is 0. The van der Waals surface area contributed by atoms with Crippen molar-refractivity contribution in [1.29, 1.82) is 0 Å². The van der Waals surface area contributed by atoms with Crippen LogP contribution in [0.4, 0.5) is 5.82 Å². The SMILES string of the molecule is Cn1ncc(C(NN)c2ccc(OC3CC3)cc2)c1N. The zero-order valence-corrected chi connectivity index (χ0v) is 11.4. The highest BCUT2D eigenvalue weighted by molar-refractivity contribution is 5.46. The van der Waals surface area contributed by atoms with Gasteiger partial charge in [0.15, 0.2) is 0 Å². The van der Waals surface area contributed by atoms with E-state index in [0.29, 0.717) is 11.9 Å². The predicted molar refractivity (Wildman–Crippen MR) is 76.9 cm³/mol. The van der Waals surface area contributed by atoms with Gasteiger partial charge in [-0.3, -0.25) is 10.5 Å². The molecule has 20 heavy (non-hydrogen) atoms. The summed E-state index contributed by atoms with van der Waals surface area (Å²) in [5.41, 5.74) is 10.7. The molecule has 1 aliphatic rings. The second kappa shape index (κ2) is 5.15. The van der Waals surface area contributed by atoms with Crippen LogP contribution >= 0.6 is 0 Å². The maximum Gasteiger partial charge on any atom is 0.126 e. The molecule has 2 aromatic rings. The molecule has 1 fully saturated rings. The summed E-state index contributed by atoms with van der Waals surface area (Å²) in [6.45, 7) is 0. The van der Waals surface area contributed by atoms with Crippen LogP contribution in [0.5, 0.6) is 5.75 Å². The number of ether oxygens (including phenoxy) is 1. The van der Waals surface area contributed by atoms with Gasteiger partial charge in [0, 0.05) is 12.6 Å². The maximum atomic E-state index is 6.00. The van der Waals surface area contributed by atoms with Crippen LogP contribution in [-0.4, -0.2) is 15.9 Å². The molecule has 1 heterocycles. The van der Waals surface area contributed by atoms with E-state index in [1.165, 1.54) is 0 Å². The molecule has 1 saturated carbocycles. The number of nitrogen functional groups attached to an aromatic ring is 1. The lowest BCUT2D eigenvalue weighted by Crippen LogP contribution is -2.29. The van der Waals surface area contributed by atoms with E-state index in [2.05, 4.69) is 10.5 Å². The topological polar surface area (TPSA) is 91.1 Å². The number of hydrogen-bond donors (Lipinski definition) is 3. The highest BCUT2D eigenvalue weighted by atomic mass is 16.5. The third-order valence-corrected chi connectivity index (χ3v) is 3.53.